The molecule has 0 aromatic heterocycles. The molecule has 0 saturated heterocycles. The minimum Gasteiger partial charge on any atom is -0.466 e. The Bertz CT molecular complexity index is 810. The molecule has 0 saturated carbocycles. The maximum absolute atomic E-state index is 12.3. The molecule has 2 rings (SSSR count). The van der Waals surface area contributed by atoms with E-state index < -0.39 is 16.0 Å². The molecular formula is C18H20O5S. The molecule has 128 valence electrons. The maximum Gasteiger partial charge on any atom is 0.339 e. The number of hydrogen-bond acceptors (Lipinski definition) is 5. The van der Waals surface area contributed by atoms with E-state index in [1.165, 1.54) is 24.3 Å². The summed E-state index contributed by atoms with van der Waals surface area (Å²) < 4.78 is 34.8. The van der Waals surface area contributed by atoms with Gasteiger partial charge in [0.05, 0.1) is 12.5 Å². The van der Waals surface area contributed by atoms with Gasteiger partial charge in [0.15, 0.2) is 0 Å². The molecule has 0 aliphatic rings. The Balaban J connectivity index is 2.22. The van der Waals surface area contributed by atoms with Crippen LogP contribution in [0, 0.1) is 6.92 Å². The van der Waals surface area contributed by atoms with Crippen LogP contribution in [0.5, 0.6) is 5.75 Å². The zero-order valence-electron chi connectivity index (χ0n) is 13.9. The molecule has 0 aliphatic carbocycles. The monoisotopic (exact) mass is 348 g/mol. The predicted molar refractivity (Wildman–Crippen MR) is 90.5 cm³/mol. The molecule has 0 spiro atoms. The number of esters is 1. The van der Waals surface area contributed by atoms with Crippen molar-refractivity contribution in [2.24, 2.45) is 0 Å². The van der Waals surface area contributed by atoms with Gasteiger partial charge >= 0.3 is 16.1 Å². The first-order valence-corrected chi connectivity index (χ1v) is 9.02. The van der Waals surface area contributed by atoms with Crippen molar-refractivity contribution in [3.63, 3.8) is 0 Å². The van der Waals surface area contributed by atoms with Crippen LogP contribution in [0.3, 0.4) is 0 Å². The largest absolute Gasteiger partial charge is 0.466 e. The summed E-state index contributed by atoms with van der Waals surface area (Å²) in [5.41, 5.74) is 1.59. The summed E-state index contributed by atoms with van der Waals surface area (Å²) in [7, 11) is -3.92. The van der Waals surface area contributed by atoms with E-state index in [-0.39, 0.29) is 16.6 Å². The lowest BCUT2D eigenvalue weighted by Gasteiger charge is -2.13. The number of rotatable bonds is 6. The average molecular weight is 348 g/mol. The number of benzene rings is 2. The fraction of sp³-hybridized carbons (Fsp3) is 0.278. The predicted octanol–water partition coefficient (Wildman–Crippen LogP) is 3.43. The Labute approximate surface area is 142 Å². The van der Waals surface area contributed by atoms with Crippen LogP contribution >= 0.6 is 0 Å². The second kappa shape index (κ2) is 7.49. The molecule has 0 fully saturated rings. The van der Waals surface area contributed by atoms with Crippen molar-refractivity contribution >= 4 is 16.1 Å². The average Bonchev–Trinajstić information content (AvgIpc) is 2.54. The molecule has 0 heterocycles. The summed E-state index contributed by atoms with van der Waals surface area (Å²) in [5.74, 6) is -0.712. The lowest BCUT2D eigenvalue weighted by Crippen LogP contribution is -2.14. The number of ether oxygens (including phenoxy) is 1. The van der Waals surface area contributed by atoms with Crippen LogP contribution in [-0.4, -0.2) is 21.0 Å². The SMILES string of the molecule is CCOC(=O)C(C)c1cccc(OS(=O)(=O)c2ccc(C)cc2)c1. The Hall–Kier alpha value is -2.34. The van der Waals surface area contributed by atoms with Gasteiger partial charge in [0.25, 0.3) is 0 Å². The summed E-state index contributed by atoms with van der Waals surface area (Å²) in [5, 5.41) is 0. The van der Waals surface area contributed by atoms with E-state index in [4.69, 9.17) is 8.92 Å². The quantitative estimate of drug-likeness (QED) is 0.591. The fourth-order valence-electron chi connectivity index (χ4n) is 2.12. The van der Waals surface area contributed by atoms with Crippen molar-refractivity contribution in [3.8, 4) is 5.75 Å². The first-order chi connectivity index (χ1) is 11.3. The van der Waals surface area contributed by atoms with E-state index >= 15 is 0 Å². The zero-order chi connectivity index (χ0) is 17.7. The van der Waals surface area contributed by atoms with Crippen LogP contribution in [0.25, 0.3) is 0 Å². The highest BCUT2D eigenvalue weighted by molar-refractivity contribution is 7.87. The van der Waals surface area contributed by atoms with Crippen molar-refractivity contribution in [1.29, 1.82) is 0 Å². The van der Waals surface area contributed by atoms with E-state index in [1.807, 2.05) is 6.92 Å². The number of aryl methyl sites for hydroxylation is 1. The van der Waals surface area contributed by atoms with Crippen LogP contribution in [0.4, 0.5) is 0 Å². The molecule has 2 aromatic carbocycles. The van der Waals surface area contributed by atoms with Gasteiger partial charge in [-0.1, -0.05) is 29.8 Å². The Morgan fingerprint density at radius 1 is 1.12 bits per heavy atom. The smallest absolute Gasteiger partial charge is 0.339 e. The highest BCUT2D eigenvalue weighted by atomic mass is 32.2. The Morgan fingerprint density at radius 3 is 2.42 bits per heavy atom. The maximum atomic E-state index is 12.3. The molecule has 1 unspecified atom stereocenters. The minimum atomic E-state index is -3.92. The molecule has 24 heavy (non-hydrogen) atoms. The van der Waals surface area contributed by atoms with Gasteiger partial charge in [-0.15, -0.1) is 0 Å². The van der Waals surface area contributed by atoms with Crippen LogP contribution in [0.2, 0.25) is 0 Å². The summed E-state index contributed by atoms with van der Waals surface area (Å²) in [6, 6.07) is 12.8. The van der Waals surface area contributed by atoms with Crippen LogP contribution in [-0.2, 0) is 19.6 Å². The normalized spacial score (nSPS) is 12.5. The molecule has 6 heteroatoms. The summed E-state index contributed by atoms with van der Waals surface area (Å²) in [4.78, 5) is 11.9. The first-order valence-electron chi connectivity index (χ1n) is 7.61. The lowest BCUT2D eigenvalue weighted by atomic mass is 10.0. The second-order valence-corrected chi connectivity index (χ2v) is 6.94. The second-order valence-electron chi connectivity index (χ2n) is 5.40. The molecular weight excluding hydrogens is 328 g/mol. The van der Waals surface area contributed by atoms with Crippen molar-refractivity contribution in [3.05, 3.63) is 59.7 Å². The molecule has 0 N–H and O–H groups in total. The number of carbonyl (C=O) groups excluding carboxylic acids is 1. The van der Waals surface area contributed by atoms with E-state index in [1.54, 1.807) is 38.1 Å². The van der Waals surface area contributed by atoms with Gasteiger partial charge < -0.3 is 8.92 Å². The third-order valence-electron chi connectivity index (χ3n) is 3.51. The number of hydrogen-bond donors (Lipinski definition) is 0. The van der Waals surface area contributed by atoms with Crippen LogP contribution in [0.1, 0.15) is 30.9 Å². The van der Waals surface area contributed by atoms with Crippen molar-refractivity contribution in [1.82, 2.24) is 0 Å². The highest BCUT2D eigenvalue weighted by Crippen LogP contribution is 2.24. The van der Waals surface area contributed by atoms with Crippen molar-refractivity contribution < 1.29 is 22.1 Å². The topological polar surface area (TPSA) is 69.7 Å². The highest BCUT2D eigenvalue weighted by Gasteiger charge is 2.20. The van der Waals surface area contributed by atoms with Gasteiger partial charge in [-0.2, -0.15) is 8.42 Å². The van der Waals surface area contributed by atoms with Crippen LogP contribution in [0.15, 0.2) is 53.4 Å². The molecule has 1 atom stereocenters. The van der Waals surface area contributed by atoms with Gasteiger partial charge in [-0.3, -0.25) is 4.79 Å². The molecule has 5 nitrogen and oxygen atoms in total. The minimum absolute atomic E-state index is 0.0805. The van der Waals surface area contributed by atoms with Crippen molar-refractivity contribution in [2.75, 3.05) is 6.61 Å². The fourth-order valence-corrected chi connectivity index (χ4v) is 3.04. The Morgan fingerprint density at radius 2 is 1.79 bits per heavy atom. The van der Waals surface area contributed by atoms with E-state index in [2.05, 4.69) is 0 Å². The third kappa shape index (κ3) is 4.35. The van der Waals surface area contributed by atoms with Gasteiger partial charge in [0.1, 0.15) is 10.6 Å². The third-order valence-corrected chi connectivity index (χ3v) is 4.78. The number of carbonyl (C=O) groups is 1. The zero-order valence-corrected chi connectivity index (χ0v) is 14.7. The van der Waals surface area contributed by atoms with Crippen LogP contribution < -0.4 is 4.18 Å². The van der Waals surface area contributed by atoms with E-state index in [9.17, 15) is 13.2 Å². The van der Waals surface area contributed by atoms with Gasteiger partial charge in [0, 0.05) is 0 Å². The van der Waals surface area contributed by atoms with Gasteiger partial charge in [-0.25, -0.2) is 0 Å². The van der Waals surface area contributed by atoms with Crippen molar-refractivity contribution in [2.45, 2.75) is 31.6 Å². The molecule has 0 amide bonds. The standard InChI is InChI=1S/C18H20O5S/c1-4-22-18(19)14(3)15-6-5-7-16(12-15)23-24(20,21)17-10-8-13(2)9-11-17/h5-12,14H,4H2,1-3H3. The summed E-state index contributed by atoms with van der Waals surface area (Å²) in [6.45, 7) is 5.60. The lowest BCUT2D eigenvalue weighted by molar-refractivity contribution is -0.144. The Kier molecular flexibility index (Phi) is 5.62. The molecule has 2 aromatic rings. The van der Waals surface area contributed by atoms with Gasteiger partial charge in [0.2, 0.25) is 0 Å². The summed E-state index contributed by atoms with van der Waals surface area (Å²) in [6.07, 6.45) is 0. The summed E-state index contributed by atoms with van der Waals surface area (Å²) >= 11 is 0. The van der Waals surface area contributed by atoms with Gasteiger partial charge in [-0.05, 0) is 50.6 Å². The first kappa shape index (κ1) is 18.0. The molecule has 0 bridgehead atoms. The molecule has 0 aliphatic heterocycles. The van der Waals surface area contributed by atoms with E-state index in [0.717, 1.165) is 5.56 Å². The van der Waals surface area contributed by atoms with E-state index in [0.29, 0.717) is 12.2 Å². The molecule has 0 radical (unpaired) electrons.